The van der Waals surface area contributed by atoms with Gasteiger partial charge in [-0.15, -0.1) is 11.6 Å². The highest BCUT2D eigenvalue weighted by Crippen LogP contribution is 2.39. The zero-order valence-electron chi connectivity index (χ0n) is 11.3. The van der Waals surface area contributed by atoms with Gasteiger partial charge in [0.2, 0.25) is 0 Å². The third kappa shape index (κ3) is 2.36. The van der Waals surface area contributed by atoms with Crippen molar-refractivity contribution in [1.29, 1.82) is 0 Å². The van der Waals surface area contributed by atoms with Crippen LogP contribution in [0.3, 0.4) is 0 Å². The van der Waals surface area contributed by atoms with E-state index in [4.69, 9.17) is 11.6 Å². The maximum Gasteiger partial charge on any atom is 0.160 e. The van der Waals surface area contributed by atoms with Crippen molar-refractivity contribution in [3.05, 3.63) is 23.7 Å². The average molecular weight is 296 g/mol. The summed E-state index contributed by atoms with van der Waals surface area (Å²) < 4.78 is 2.51. The minimum atomic E-state index is 0.292. The van der Waals surface area contributed by atoms with Gasteiger partial charge in [-0.1, -0.05) is 0 Å². The van der Waals surface area contributed by atoms with E-state index in [9.17, 15) is 0 Å². The molecule has 1 aliphatic heterocycles. The first-order valence-electron chi connectivity index (χ1n) is 6.64. The first-order valence-corrected chi connectivity index (χ1v) is 8.16. The van der Waals surface area contributed by atoms with Gasteiger partial charge in [-0.25, -0.2) is 9.97 Å². The van der Waals surface area contributed by atoms with Crippen molar-refractivity contribution in [2.45, 2.75) is 43.9 Å². The van der Waals surface area contributed by atoms with E-state index in [-0.39, 0.29) is 0 Å². The van der Waals surface area contributed by atoms with E-state index in [1.807, 2.05) is 12.3 Å². The maximum absolute atomic E-state index is 6.07. The van der Waals surface area contributed by atoms with E-state index in [0.717, 1.165) is 23.5 Å². The summed E-state index contributed by atoms with van der Waals surface area (Å²) in [6.07, 6.45) is 4.42. The Morgan fingerprint density at radius 3 is 3.05 bits per heavy atom. The fraction of sp³-hybridized carbons (Fsp3) is 0.571. The number of aromatic nitrogens is 3. The molecule has 3 heterocycles. The predicted molar refractivity (Wildman–Crippen MR) is 81.9 cm³/mol. The molecule has 2 aromatic rings. The van der Waals surface area contributed by atoms with Crippen LogP contribution in [0.1, 0.15) is 31.2 Å². The molecule has 0 saturated carbocycles. The molecular weight excluding hydrogens is 278 g/mol. The van der Waals surface area contributed by atoms with Gasteiger partial charge >= 0.3 is 0 Å². The van der Waals surface area contributed by atoms with Gasteiger partial charge in [0, 0.05) is 17.5 Å². The van der Waals surface area contributed by atoms with Crippen LogP contribution >= 0.6 is 23.4 Å². The monoisotopic (exact) mass is 295 g/mol. The van der Waals surface area contributed by atoms with Crippen LogP contribution in [0.15, 0.2) is 12.3 Å². The molecule has 1 aliphatic rings. The van der Waals surface area contributed by atoms with Crippen LogP contribution in [0, 0.1) is 6.92 Å². The Balaban J connectivity index is 2.08. The number of imidazole rings is 1. The molecule has 0 amide bonds. The molecule has 1 fully saturated rings. The van der Waals surface area contributed by atoms with Crippen LogP contribution in [-0.4, -0.2) is 25.0 Å². The highest BCUT2D eigenvalue weighted by Gasteiger charge is 2.31. The Morgan fingerprint density at radius 2 is 2.37 bits per heavy atom. The van der Waals surface area contributed by atoms with Gasteiger partial charge in [-0.3, -0.25) is 0 Å². The molecule has 1 unspecified atom stereocenters. The fourth-order valence-corrected chi connectivity index (χ4v) is 4.24. The van der Waals surface area contributed by atoms with Crippen molar-refractivity contribution >= 4 is 34.5 Å². The Kier molecular flexibility index (Phi) is 3.48. The molecule has 1 saturated heterocycles. The second-order valence-corrected chi connectivity index (χ2v) is 7.40. The second kappa shape index (κ2) is 4.98. The lowest BCUT2D eigenvalue weighted by Gasteiger charge is -2.24. The zero-order chi connectivity index (χ0) is 13.5. The standard InChI is InChI=1S/C14H18ClN3S/c1-10-4-6-16-13-12(10)17-11(8-15)18(13)9-14(2)5-3-7-19-14/h4,6H,3,5,7-9H2,1-2H3. The zero-order valence-corrected chi connectivity index (χ0v) is 12.9. The third-order valence-electron chi connectivity index (χ3n) is 3.83. The summed E-state index contributed by atoms with van der Waals surface area (Å²) in [6.45, 7) is 5.36. The quantitative estimate of drug-likeness (QED) is 0.808. The number of aryl methyl sites for hydroxylation is 1. The van der Waals surface area contributed by atoms with Gasteiger partial charge in [-0.2, -0.15) is 11.8 Å². The second-order valence-electron chi connectivity index (χ2n) is 5.45. The molecule has 0 aromatic carbocycles. The predicted octanol–water partition coefficient (Wildman–Crippen LogP) is 3.76. The molecule has 5 heteroatoms. The van der Waals surface area contributed by atoms with Gasteiger partial charge < -0.3 is 4.57 Å². The fourth-order valence-electron chi connectivity index (χ4n) is 2.75. The molecule has 1 atom stereocenters. The lowest BCUT2D eigenvalue weighted by molar-refractivity contribution is 0.508. The van der Waals surface area contributed by atoms with Crippen molar-refractivity contribution in [2.24, 2.45) is 0 Å². The summed E-state index contributed by atoms with van der Waals surface area (Å²) in [5.41, 5.74) is 3.13. The number of rotatable bonds is 3. The highest BCUT2D eigenvalue weighted by atomic mass is 35.5. The number of nitrogens with zero attached hydrogens (tertiary/aromatic N) is 3. The summed E-state index contributed by atoms with van der Waals surface area (Å²) in [7, 11) is 0. The Labute approximate surface area is 122 Å². The normalized spacial score (nSPS) is 23.3. The molecule has 0 bridgehead atoms. The molecule has 0 spiro atoms. The molecule has 102 valence electrons. The highest BCUT2D eigenvalue weighted by molar-refractivity contribution is 8.00. The van der Waals surface area contributed by atoms with Crippen LogP contribution in [0.4, 0.5) is 0 Å². The number of hydrogen-bond donors (Lipinski definition) is 0. The largest absolute Gasteiger partial charge is 0.310 e. The number of hydrogen-bond acceptors (Lipinski definition) is 3. The van der Waals surface area contributed by atoms with E-state index >= 15 is 0 Å². The average Bonchev–Trinajstić information content (AvgIpc) is 2.96. The Morgan fingerprint density at radius 1 is 1.53 bits per heavy atom. The number of alkyl halides is 1. The van der Waals surface area contributed by atoms with Crippen LogP contribution in [0.5, 0.6) is 0 Å². The first kappa shape index (κ1) is 13.3. The van der Waals surface area contributed by atoms with Crippen molar-refractivity contribution in [3.63, 3.8) is 0 Å². The third-order valence-corrected chi connectivity index (χ3v) is 5.59. The number of thioether (sulfide) groups is 1. The van der Waals surface area contributed by atoms with E-state index in [0.29, 0.717) is 10.6 Å². The number of fused-ring (bicyclic) bond motifs is 1. The SMILES string of the molecule is Cc1ccnc2c1nc(CCl)n2CC1(C)CCCS1. The molecule has 3 nitrogen and oxygen atoms in total. The summed E-state index contributed by atoms with van der Waals surface area (Å²) in [5.74, 6) is 2.63. The van der Waals surface area contributed by atoms with Crippen molar-refractivity contribution in [1.82, 2.24) is 14.5 Å². The van der Waals surface area contributed by atoms with Gasteiger partial charge in [0.05, 0.1) is 5.88 Å². The lowest BCUT2D eigenvalue weighted by atomic mass is 10.1. The minimum Gasteiger partial charge on any atom is -0.310 e. The summed E-state index contributed by atoms with van der Waals surface area (Å²) >= 11 is 8.12. The summed E-state index contributed by atoms with van der Waals surface area (Å²) in [6, 6.07) is 2.00. The molecule has 2 aromatic heterocycles. The minimum absolute atomic E-state index is 0.292. The molecular formula is C14H18ClN3S. The van der Waals surface area contributed by atoms with Gasteiger partial charge in [-0.05, 0) is 44.1 Å². The van der Waals surface area contributed by atoms with Gasteiger partial charge in [0.25, 0.3) is 0 Å². The molecule has 0 aliphatic carbocycles. The molecule has 3 rings (SSSR count). The van der Waals surface area contributed by atoms with Crippen molar-refractivity contribution in [2.75, 3.05) is 5.75 Å². The van der Waals surface area contributed by atoms with Crippen molar-refractivity contribution in [3.8, 4) is 0 Å². The summed E-state index contributed by atoms with van der Waals surface area (Å²) in [5, 5.41) is 0. The van der Waals surface area contributed by atoms with Crippen LogP contribution in [0.2, 0.25) is 0 Å². The van der Waals surface area contributed by atoms with E-state index in [1.165, 1.54) is 24.2 Å². The number of pyridine rings is 1. The van der Waals surface area contributed by atoms with Crippen LogP contribution in [-0.2, 0) is 12.4 Å². The van der Waals surface area contributed by atoms with Crippen molar-refractivity contribution < 1.29 is 0 Å². The van der Waals surface area contributed by atoms with Gasteiger partial charge in [0.1, 0.15) is 11.3 Å². The smallest absolute Gasteiger partial charge is 0.160 e. The lowest BCUT2D eigenvalue weighted by Crippen LogP contribution is -2.24. The maximum atomic E-state index is 6.07. The Bertz CT molecular complexity index is 602. The van der Waals surface area contributed by atoms with Crippen LogP contribution in [0.25, 0.3) is 11.2 Å². The van der Waals surface area contributed by atoms with Crippen LogP contribution < -0.4 is 0 Å². The van der Waals surface area contributed by atoms with E-state index < -0.39 is 0 Å². The Hall–Kier alpha value is -0.740. The summed E-state index contributed by atoms with van der Waals surface area (Å²) in [4.78, 5) is 9.18. The number of halogens is 1. The first-order chi connectivity index (χ1) is 9.13. The van der Waals surface area contributed by atoms with E-state index in [2.05, 4.69) is 40.1 Å². The van der Waals surface area contributed by atoms with Gasteiger partial charge in [0.15, 0.2) is 5.65 Å². The van der Waals surface area contributed by atoms with E-state index in [1.54, 1.807) is 0 Å². The molecule has 0 radical (unpaired) electrons. The molecule has 19 heavy (non-hydrogen) atoms. The molecule has 0 N–H and O–H groups in total. The topological polar surface area (TPSA) is 30.7 Å².